The zero-order chi connectivity index (χ0) is 20.8. The van der Waals surface area contributed by atoms with E-state index < -0.39 is 0 Å². The average Bonchev–Trinajstić information content (AvgIpc) is 3.27. The highest BCUT2D eigenvalue weighted by molar-refractivity contribution is 8.03. The van der Waals surface area contributed by atoms with E-state index in [0.717, 1.165) is 43.6 Å². The van der Waals surface area contributed by atoms with Gasteiger partial charge in [0.05, 0.1) is 5.37 Å². The Labute approximate surface area is 183 Å². The van der Waals surface area contributed by atoms with E-state index in [0.29, 0.717) is 17.9 Å². The van der Waals surface area contributed by atoms with Gasteiger partial charge < -0.3 is 14.9 Å². The second-order valence-corrected chi connectivity index (χ2v) is 9.23. The molecule has 0 bridgehead atoms. The van der Waals surface area contributed by atoms with Crippen LogP contribution in [0.1, 0.15) is 32.1 Å². The van der Waals surface area contributed by atoms with Crippen molar-refractivity contribution in [2.24, 2.45) is 5.92 Å². The molecule has 160 valence electrons. The van der Waals surface area contributed by atoms with Gasteiger partial charge in [-0.05, 0) is 86.8 Å². The van der Waals surface area contributed by atoms with Crippen LogP contribution in [-0.2, 0) is 0 Å². The van der Waals surface area contributed by atoms with E-state index in [4.69, 9.17) is 5.11 Å². The Morgan fingerprint density at radius 3 is 2.50 bits per heavy atom. The van der Waals surface area contributed by atoms with E-state index in [1.165, 1.54) is 37.1 Å². The lowest BCUT2D eigenvalue weighted by Gasteiger charge is -2.38. The van der Waals surface area contributed by atoms with Crippen LogP contribution in [0.15, 0.2) is 60.1 Å². The van der Waals surface area contributed by atoms with Gasteiger partial charge in [0.15, 0.2) is 0 Å². The minimum Gasteiger partial charge on any atom is -0.396 e. The number of hydrogen-bond donors (Lipinski definition) is 1. The number of thioether (sulfide) groups is 1. The molecule has 1 unspecified atom stereocenters. The molecule has 30 heavy (non-hydrogen) atoms. The molecule has 1 atom stereocenters. The summed E-state index contributed by atoms with van der Waals surface area (Å²) in [4.78, 5) is 5.00. The zero-order valence-electron chi connectivity index (χ0n) is 17.4. The van der Waals surface area contributed by atoms with Crippen molar-refractivity contribution >= 4 is 17.4 Å². The van der Waals surface area contributed by atoms with Gasteiger partial charge in [0.25, 0.3) is 0 Å². The Balaban J connectivity index is 1.43. The fraction of sp³-hybridized carbons (Fsp3) is 0.440. The highest BCUT2D eigenvalue weighted by atomic mass is 32.2. The van der Waals surface area contributed by atoms with E-state index in [2.05, 4.69) is 45.7 Å². The van der Waals surface area contributed by atoms with E-state index in [1.807, 2.05) is 23.9 Å². The number of hydrogen-bond acceptors (Lipinski definition) is 4. The molecule has 0 aromatic heterocycles. The molecule has 3 nitrogen and oxygen atoms in total. The first-order valence-corrected chi connectivity index (χ1v) is 12.0. The monoisotopic (exact) mass is 426 g/mol. The number of nitrogens with zero attached hydrogens (tertiary/aromatic N) is 2. The Morgan fingerprint density at radius 2 is 1.73 bits per heavy atom. The molecule has 0 saturated carbocycles. The number of benzene rings is 2. The van der Waals surface area contributed by atoms with Gasteiger partial charge in [0, 0.05) is 24.1 Å². The molecule has 0 amide bonds. The first kappa shape index (κ1) is 21.4. The smallest absolute Gasteiger partial charge is 0.123 e. The molecule has 2 aromatic rings. The molecule has 1 saturated heterocycles. The Hall–Kier alpha value is -1.82. The molecule has 0 radical (unpaired) electrons. The maximum absolute atomic E-state index is 13.4. The number of aliphatic hydroxyl groups excluding tert-OH is 1. The quantitative estimate of drug-likeness (QED) is 0.546. The third kappa shape index (κ3) is 5.08. The number of halogens is 1. The summed E-state index contributed by atoms with van der Waals surface area (Å²) >= 11 is 1.92. The highest BCUT2D eigenvalue weighted by Crippen LogP contribution is 2.42. The molecular weight excluding hydrogens is 395 g/mol. The molecule has 0 aliphatic carbocycles. The van der Waals surface area contributed by atoms with E-state index in [1.54, 1.807) is 0 Å². The number of para-hydroxylation sites is 1. The Morgan fingerprint density at radius 1 is 0.967 bits per heavy atom. The van der Waals surface area contributed by atoms with Gasteiger partial charge >= 0.3 is 0 Å². The fourth-order valence-electron chi connectivity index (χ4n) is 4.55. The molecule has 5 heteroatoms. The van der Waals surface area contributed by atoms with Crippen molar-refractivity contribution < 1.29 is 9.50 Å². The van der Waals surface area contributed by atoms with Crippen LogP contribution in [0.2, 0.25) is 0 Å². The standard InChI is InChI=1S/C25H31FN2OS/c26-22-10-8-20(9-11-22)23-6-2-3-7-24(23)28-17-19-30-25(28)21-12-15-27(16-13-21)14-4-1-5-18-29/h2-3,6-11,17,19,21,25,29H,1,4-5,12-16,18H2. The van der Waals surface area contributed by atoms with Gasteiger partial charge in [-0.15, -0.1) is 11.8 Å². The molecule has 0 spiro atoms. The van der Waals surface area contributed by atoms with Gasteiger partial charge in [-0.2, -0.15) is 0 Å². The predicted octanol–water partition coefficient (Wildman–Crippen LogP) is 5.72. The van der Waals surface area contributed by atoms with Crippen LogP contribution >= 0.6 is 11.8 Å². The topological polar surface area (TPSA) is 26.7 Å². The Bertz CT molecular complexity index is 833. The van der Waals surface area contributed by atoms with Crippen molar-refractivity contribution in [2.45, 2.75) is 37.5 Å². The second kappa shape index (κ2) is 10.5. The summed E-state index contributed by atoms with van der Waals surface area (Å²) in [6.07, 6.45) is 7.86. The first-order valence-electron chi connectivity index (χ1n) is 11.0. The van der Waals surface area contributed by atoms with Crippen molar-refractivity contribution in [1.29, 1.82) is 0 Å². The van der Waals surface area contributed by atoms with Gasteiger partial charge in [-0.3, -0.25) is 0 Å². The van der Waals surface area contributed by atoms with Crippen molar-refractivity contribution in [3.8, 4) is 11.1 Å². The third-order valence-electron chi connectivity index (χ3n) is 6.22. The molecule has 1 N–H and O–H groups in total. The number of rotatable bonds is 8. The van der Waals surface area contributed by atoms with E-state index in [-0.39, 0.29) is 5.82 Å². The Kier molecular flexibility index (Phi) is 7.47. The summed E-state index contributed by atoms with van der Waals surface area (Å²) in [6.45, 7) is 3.78. The molecule has 2 aliphatic heterocycles. The van der Waals surface area contributed by atoms with Crippen LogP contribution in [0, 0.1) is 11.7 Å². The lowest BCUT2D eigenvalue weighted by Crippen LogP contribution is -2.41. The highest BCUT2D eigenvalue weighted by Gasteiger charge is 2.33. The number of piperidine rings is 1. The fourth-order valence-corrected chi connectivity index (χ4v) is 5.72. The van der Waals surface area contributed by atoms with Gasteiger partial charge in [-0.25, -0.2) is 4.39 Å². The minimum atomic E-state index is -0.200. The van der Waals surface area contributed by atoms with Crippen LogP contribution in [-0.4, -0.2) is 41.6 Å². The molecule has 2 aliphatic rings. The number of unbranched alkanes of at least 4 members (excludes halogenated alkanes) is 2. The molecule has 2 heterocycles. The summed E-state index contributed by atoms with van der Waals surface area (Å²) in [5.74, 6) is 0.453. The van der Waals surface area contributed by atoms with Crippen molar-refractivity contribution in [3.63, 3.8) is 0 Å². The lowest BCUT2D eigenvalue weighted by molar-refractivity contribution is 0.178. The molecule has 2 aromatic carbocycles. The lowest BCUT2D eigenvalue weighted by atomic mass is 9.94. The first-order chi connectivity index (χ1) is 14.8. The van der Waals surface area contributed by atoms with Gasteiger partial charge in [0.2, 0.25) is 0 Å². The largest absolute Gasteiger partial charge is 0.396 e. The van der Waals surface area contributed by atoms with Crippen molar-refractivity contribution in [2.75, 3.05) is 31.1 Å². The molecule has 4 rings (SSSR count). The summed E-state index contributed by atoms with van der Waals surface area (Å²) in [6, 6.07) is 15.3. The van der Waals surface area contributed by atoms with Crippen molar-refractivity contribution in [1.82, 2.24) is 4.90 Å². The van der Waals surface area contributed by atoms with Crippen LogP contribution in [0.3, 0.4) is 0 Å². The predicted molar refractivity (Wildman–Crippen MR) is 125 cm³/mol. The van der Waals surface area contributed by atoms with Crippen LogP contribution in [0.4, 0.5) is 10.1 Å². The molecule has 1 fully saturated rings. The molecular formula is C25H31FN2OS. The van der Waals surface area contributed by atoms with E-state index in [9.17, 15) is 4.39 Å². The second-order valence-electron chi connectivity index (χ2n) is 8.21. The maximum atomic E-state index is 13.4. The third-order valence-corrected chi connectivity index (χ3v) is 7.39. The van der Waals surface area contributed by atoms with Gasteiger partial charge in [-0.1, -0.05) is 30.3 Å². The summed E-state index contributed by atoms with van der Waals surface area (Å²) < 4.78 is 13.4. The normalized spacial score (nSPS) is 20.2. The van der Waals surface area contributed by atoms with Crippen LogP contribution in [0.25, 0.3) is 11.1 Å². The van der Waals surface area contributed by atoms with Gasteiger partial charge in [0.1, 0.15) is 5.82 Å². The SMILES string of the molecule is OCCCCCN1CCC(C2SC=CN2c2ccccc2-c2ccc(F)cc2)CC1. The number of aliphatic hydroxyl groups is 1. The summed E-state index contributed by atoms with van der Waals surface area (Å²) in [5, 5.41) is 11.6. The zero-order valence-corrected chi connectivity index (χ0v) is 18.2. The average molecular weight is 427 g/mol. The van der Waals surface area contributed by atoms with Crippen LogP contribution in [0.5, 0.6) is 0 Å². The number of anilines is 1. The van der Waals surface area contributed by atoms with E-state index >= 15 is 0 Å². The summed E-state index contributed by atoms with van der Waals surface area (Å²) in [7, 11) is 0. The number of likely N-dealkylation sites (tertiary alicyclic amines) is 1. The maximum Gasteiger partial charge on any atom is 0.123 e. The summed E-state index contributed by atoms with van der Waals surface area (Å²) in [5.41, 5.74) is 3.39. The minimum absolute atomic E-state index is 0.200. The van der Waals surface area contributed by atoms with Crippen LogP contribution < -0.4 is 4.90 Å². The van der Waals surface area contributed by atoms with Crippen molar-refractivity contribution in [3.05, 3.63) is 66.0 Å².